The molecule has 0 bridgehead atoms. The molecule has 2 aromatic rings. The SMILES string of the molecule is O=C(O)c1ccc(NS(=O)(=O)c2ccn[nH]2)c(F)c1. The average Bonchev–Trinajstić information content (AvgIpc) is 2.85. The van der Waals surface area contributed by atoms with Crippen molar-refractivity contribution in [3.63, 3.8) is 0 Å². The Balaban J connectivity index is 2.32. The second kappa shape index (κ2) is 4.69. The molecule has 1 aromatic carbocycles. The number of nitrogens with one attached hydrogen (secondary N) is 2. The molecular formula is C10H8FN3O4S. The van der Waals surface area contributed by atoms with Crippen LogP contribution in [0.5, 0.6) is 0 Å². The largest absolute Gasteiger partial charge is 0.478 e. The highest BCUT2D eigenvalue weighted by Gasteiger charge is 2.18. The van der Waals surface area contributed by atoms with Gasteiger partial charge in [-0.1, -0.05) is 0 Å². The van der Waals surface area contributed by atoms with Crippen molar-refractivity contribution in [1.29, 1.82) is 0 Å². The van der Waals surface area contributed by atoms with E-state index >= 15 is 0 Å². The van der Waals surface area contributed by atoms with Crippen LogP contribution in [0.25, 0.3) is 0 Å². The third kappa shape index (κ3) is 2.71. The molecular weight excluding hydrogens is 277 g/mol. The lowest BCUT2D eigenvalue weighted by atomic mass is 10.2. The first kappa shape index (κ1) is 13.0. The van der Waals surface area contributed by atoms with Gasteiger partial charge in [-0.15, -0.1) is 0 Å². The zero-order chi connectivity index (χ0) is 14.0. The number of carboxylic acid groups (broad SMARTS) is 1. The molecule has 2 rings (SSSR count). The number of aromatic carboxylic acids is 1. The van der Waals surface area contributed by atoms with Crippen LogP contribution >= 0.6 is 0 Å². The Hall–Kier alpha value is -2.42. The molecule has 0 saturated heterocycles. The Morgan fingerprint density at radius 2 is 2.11 bits per heavy atom. The van der Waals surface area contributed by atoms with Gasteiger partial charge in [0.05, 0.1) is 17.4 Å². The molecule has 3 N–H and O–H groups in total. The fraction of sp³-hybridized carbons (Fsp3) is 0. The third-order valence-corrected chi connectivity index (χ3v) is 3.52. The highest BCUT2D eigenvalue weighted by Crippen LogP contribution is 2.19. The molecule has 0 unspecified atom stereocenters. The van der Waals surface area contributed by atoms with Crippen LogP contribution in [0.2, 0.25) is 0 Å². The molecule has 0 spiro atoms. The molecule has 0 aliphatic carbocycles. The van der Waals surface area contributed by atoms with E-state index in [0.29, 0.717) is 0 Å². The molecule has 1 heterocycles. The molecule has 0 amide bonds. The first-order valence-electron chi connectivity index (χ1n) is 4.95. The van der Waals surface area contributed by atoms with Gasteiger partial charge < -0.3 is 5.11 Å². The maximum atomic E-state index is 13.6. The van der Waals surface area contributed by atoms with Gasteiger partial charge in [0.25, 0.3) is 10.0 Å². The maximum absolute atomic E-state index is 13.6. The first-order valence-corrected chi connectivity index (χ1v) is 6.43. The van der Waals surface area contributed by atoms with Crippen molar-refractivity contribution >= 4 is 21.7 Å². The molecule has 1 aromatic heterocycles. The first-order chi connectivity index (χ1) is 8.90. The number of carbonyl (C=O) groups is 1. The number of H-pyrrole nitrogens is 1. The summed E-state index contributed by atoms with van der Waals surface area (Å²) >= 11 is 0. The number of rotatable bonds is 4. The number of aromatic amines is 1. The number of benzene rings is 1. The number of anilines is 1. The van der Waals surface area contributed by atoms with Gasteiger partial charge in [-0.05, 0) is 24.3 Å². The number of sulfonamides is 1. The van der Waals surface area contributed by atoms with E-state index in [-0.39, 0.29) is 16.3 Å². The maximum Gasteiger partial charge on any atom is 0.335 e. The summed E-state index contributed by atoms with van der Waals surface area (Å²) in [6.07, 6.45) is 1.23. The van der Waals surface area contributed by atoms with Crippen molar-refractivity contribution in [2.24, 2.45) is 0 Å². The van der Waals surface area contributed by atoms with Crippen LogP contribution in [-0.2, 0) is 10.0 Å². The van der Waals surface area contributed by atoms with Crippen LogP contribution in [0.15, 0.2) is 35.5 Å². The Morgan fingerprint density at radius 3 is 2.63 bits per heavy atom. The summed E-state index contributed by atoms with van der Waals surface area (Å²) in [7, 11) is -3.98. The van der Waals surface area contributed by atoms with Crippen molar-refractivity contribution in [2.75, 3.05) is 4.72 Å². The summed E-state index contributed by atoms with van der Waals surface area (Å²) in [5.41, 5.74) is -0.624. The Bertz CT molecular complexity index is 712. The van der Waals surface area contributed by atoms with Crippen molar-refractivity contribution in [2.45, 2.75) is 5.03 Å². The highest BCUT2D eigenvalue weighted by atomic mass is 32.2. The number of hydrogen-bond donors (Lipinski definition) is 3. The van der Waals surface area contributed by atoms with Crippen LogP contribution in [0.3, 0.4) is 0 Å². The van der Waals surface area contributed by atoms with Crippen molar-refractivity contribution in [3.8, 4) is 0 Å². The van der Waals surface area contributed by atoms with Crippen molar-refractivity contribution in [1.82, 2.24) is 10.2 Å². The lowest BCUT2D eigenvalue weighted by molar-refractivity contribution is 0.0696. The van der Waals surface area contributed by atoms with Crippen LogP contribution in [0.4, 0.5) is 10.1 Å². The fourth-order valence-electron chi connectivity index (χ4n) is 1.32. The van der Waals surface area contributed by atoms with Crippen LogP contribution < -0.4 is 4.72 Å². The van der Waals surface area contributed by atoms with E-state index in [1.807, 2.05) is 4.72 Å². The Kier molecular flexibility index (Phi) is 3.21. The number of carboxylic acids is 1. The van der Waals surface area contributed by atoms with Gasteiger partial charge in [0, 0.05) is 0 Å². The minimum atomic E-state index is -3.98. The van der Waals surface area contributed by atoms with Crippen LogP contribution in [0, 0.1) is 5.82 Å². The second-order valence-electron chi connectivity index (χ2n) is 3.53. The van der Waals surface area contributed by atoms with Gasteiger partial charge in [0.2, 0.25) is 0 Å². The lowest BCUT2D eigenvalue weighted by Crippen LogP contribution is -2.14. The van der Waals surface area contributed by atoms with Gasteiger partial charge in [-0.2, -0.15) is 13.5 Å². The highest BCUT2D eigenvalue weighted by molar-refractivity contribution is 7.92. The quantitative estimate of drug-likeness (QED) is 0.777. The molecule has 7 nitrogen and oxygen atoms in total. The summed E-state index contributed by atoms with van der Waals surface area (Å²) in [5.74, 6) is -2.29. The summed E-state index contributed by atoms with van der Waals surface area (Å²) in [6.45, 7) is 0. The smallest absolute Gasteiger partial charge is 0.335 e. The van der Waals surface area contributed by atoms with E-state index in [2.05, 4.69) is 10.2 Å². The molecule has 0 radical (unpaired) electrons. The van der Waals surface area contributed by atoms with E-state index in [9.17, 15) is 17.6 Å². The zero-order valence-corrected chi connectivity index (χ0v) is 10.1. The van der Waals surface area contributed by atoms with Gasteiger partial charge >= 0.3 is 5.97 Å². The average molecular weight is 285 g/mol. The minimum absolute atomic E-state index is 0.228. The standard InChI is InChI=1S/C10H8FN3O4S/c11-7-5-6(10(15)16)1-2-8(7)14-19(17,18)9-3-4-12-13-9/h1-5,14H,(H,12,13)(H,15,16). The van der Waals surface area contributed by atoms with Gasteiger partial charge in [0.1, 0.15) is 5.82 Å². The molecule has 0 saturated carbocycles. The monoisotopic (exact) mass is 285 g/mol. The molecule has 0 atom stereocenters. The summed E-state index contributed by atoms with van der Waals surface area (Å²) < 4.78 is 39.1. The predicted molar refractivity (Wildman–Crippen MR) is 62.8 cm³/mol. The Morgan fingerprint density at radius 1 is 1.37 bits per heavy atom. The lowest BCUT2D eigenvalue weighted by Gasteiger charge is -2.07. The van der Waals surface area contributed by atoms with Gasteiger partial charge in [-0.25, -0.2) is 9.18 Å². The van der Waals surface area contributed by atoms with E-state index in [0.717, 1.165) is 18.2 Å². The number of halogens is 1. The van der Waals surface area contributed by atoms with Crippen LogP contribution in [-0.4, -0.2) is 29.7 Å². The Labute approximate surface area is 107 Å². The van der Waals surface area contributed by atoms with E-state index in [1.165, 1.54) is 12.3 Å². The zero-order valence-electron chi connectivity index (χ0n) is 9.29. The molecule has 9 heteroatoms. The van der Waals surface area contributed by atoms with Gasteiger partial charge in [-0.3, -0.25) is 9.82 Å². The molecule has 0 aliphatic heterocycles. The van der Waals surface area contributed by atoms with Crippen molar-refractivity contribution in [3.05, 3.63) is 41.8 Å². The number of nitrogens with zero attached hydrogens (tertiary/aromatic N) is 1. The molecule has 100 valence electrons. The number of aromatic nitrogens is 2. The molecule has 0 fully saturated rings. The van der Waals surface area contributed by atoms with Gasteiger partial charge in [0.15, 0.2) is 5.03 Å². The second-order valence-corrected chi connectivity index (χ2v) is 5.18. The molecule has 0 aliphatic rings. The van der Waals surface area contributed by atoms with E-state index in [4.69, 9.17) is 5.11 Å². The third-order valence-electron chi connectivity index (χ3n) is 2.23. The predicted octanol–water partition coefficient (Wildman–Crippen LogP) is 1.05. The fourth-order valence-corrected chi connectivity index (χ4v) is 2.30. The summed E-state index contributed by atoms with van der Waals surface area (Å²) in [6, 6.07) is 4.06. The molecule has 19 heavy (non-hydrogen) atoms. The van der Waals surface area contributed by atoms with E-state index < -0.39 is 21.8 Å². The minimum Gasteiger partial charge on any atom is -0.478 e. The van der Waals surface area contributed by atoms with Crippen molar-refractivity contribution < 1.29 is 22.7 Å². The summed E-state index contributed by atoms with van der Waals surface area (Å²) in [4.78, 5) is 10.6. The van der Waals surface area contributed by atoms with E-state index in [1.54, 1.807) is 0 Å². The number of hydrogen-bond acceptors (Lipinski definition) is 4. The van der Waals surface area contributed by atoms with Crippen LogP contribution in [0.1, 0.15) is 10.4 Å². The summed E-state index contributed by atoms with van der Waals surface area (Å²) in [5, 5.41) is 14.1. The topological polar surface area (TPSA) is 112 Å². The normalized spacial score (nSPS) is 11.2.